The van der Waals surface area contributed by atoms with Crippen molar-refractivity contribution < 1.29 is 32.2 Å². The minimum atomic E-state index is -1.82. The Labute approximate surface area is 126 Å². The highest BCUT2D eigenvalue weighted by molar-refractivity contribution is 6.01. The van der Waals surface area contributed by atoms with Gasteiger partial charge in [0, 0.05) is 11.6 Å². The van der Waals surface area contributed by atoms with Gasteiger partial charge in [0.2, 0.25) is 0 Å². The molecule has 0 fully saturated rings. The van der Waals surface area contributed by atoms with Gasteiger partial charge in [-0.3, -0.25) is 9.59 Å². The maximum atomic E-state index is 13.9. The van der Waals surface area contributed by atoms with Gasteiger partial charge in [0.15, 0.2) is 17.6 Å². The maximum absolute atomic E-state index is 13.9. The van der Waals surface area contributed by atoms with Gasteiger partial charge in [-0.25, -0.2) is 13.2 Å². The lowest BCUT2D eigenvalue weighted by Gasteiger charge is -2.23. The maximum Gasteiger partial charge on any atom is 0.325 e. The number of ether oxygens (including phenoxy) is 2. The van der Waals surface area contributed by atoms with Gasteiger partial charge in [-0.15, -0.1) is 0 Å². The van der Waals surface area contributed by atoms with E-state index in [4.69, 9.17) is 9.47 Å². The molecule has 0 aliphatic carbocycles. The van der Waals surface area contributed by atoms with Crippen LogP contribution in [0.4, 0.5) is 13.2 Å². The van der Waals surface area contributed by atoms with E-state index in [1.54, 1.807) is 20.8 Å². The molecule has 4 nitrogen and oxygen atoms in total. The molecule has 0 amide bonds. The lowest BCUT2D eigenvalue weighted by molar-refractivity contribution is -0.164. The monoisotopic (exact) mass is 318 g/mol. The molecular formula is C15H17F3O4. The highest BCUT2D eigenvalue weighted by Gasteiger charge is 2.36. The van der Waals surface area contributed by atoms with Crippen molar-refractivity contribution >= 4 is 11.9 Å². The van der Waals surface area contributed by atoms with E-state index >= 15 is 0 Å². The van der Waals surface area contributed by atoms with Gasteiger partial charge < -0.3 is 9.47 Å². The van der Waals surface area contributed by atoms with E-state index < -0.39 is 46.5 Å². The number of rotatable bonds is 4. The number of benzene rings is 1. The van der Waals surface area contributed by atoms with Crippen molar-refractivity contribution in [3.8, 4) is 0 Å². The SMILES string of the molecule is CCOC(=O)C(C(=O)OC(C)(C)C)c1cc(F)c(F)cc1F. The second kappa shape index (κ2) is 6.81. The van der Waals surface area contributed by atoms with Gasteiger partial charge in [-0.05, 0) is 33.8 Å². The summed E-state index contributed by atoms with van der Waals surface area (Å²) in [6.07, 6.45) is 0. The van der Waals surface area contributed by atoms with Crippen LogP contribution in [-0.4, -0.2) is 24.1 Å². The van der Waals surface area contributed by atoms with E-state index in [0.29, 0.717) is 6.07 Å². The van der Waals surface area contributed by atoms with E-state index in [2.05, 4.69) is 0 Å². The van der Waals surface area contributed by atoms with Crippen molar-refractivity contribution in [2.24, 2.45) is 0 Å². The zero-order valence-electron chi connectivity index (χ0n) is 12.7. The number of hydrogen-bond acceptors (Lipinski definition) is 4. The minimum Gasteiger partial charge on any atom is -0.465 e. The topological polar surface area (TPSA) is 52.6 Å². The lowest BCUT2D eigenvalue weighted by atomic mass is 9.98. The fraction of sp³-hybridized carbons (Fsp3) is 0.467. The number of hydrogen-bond donors (Lipinski definition) is 0. The lowest BCUT2D eigenvalue weighted by Crippen LogP contribution is -2.33. The Balaban J connectivity index is 3.30. The quantitative estimate of drug-likeness (QED) is 0.486. The van der Waals surface area contributed by atoms with Crippen molar-refractivity contribution in [1.29, 1.82) is 0 Å². The number of esters is 2. The summed E-state index contributed by atoms with van der Waals surface area (Å²) >= 11 is 0. The molecule has 1 rings (SSSR count). The van der Waals surface area contributed by atoms with Crippen LogP contribution in [0, 0.1) is 17.5 Å². The summed E-state index contributed by atoms with van der Waals surface area (Å²) in [7, 11) is 0. The molecule has 0 saturated heterocycles. The van der Waals surface area contributed by atoms with E-state index in [1.165, 1.54) is 6.92 Å². The minimum absolute atomic E-state index is 0.0660. The molecule has 0 heterocycles. The summed E-state index contributed by atoms with van der Waals surface area (Å²) in [5.41, 5.74) is -1.58. The standard InChI is InChI=1S/C15H17F3O4/c1-5-21-13(19)12(14(20)22-15(2,3)4)8-6-10(17)11(18)7-9(8)16/h6-7,12H,5H2,1-4H3. The van der Waals surface area contributed by atoms with E-state index in [9.17, 15) is 22.8 Å². The number of halogens is 3. The average molecular weight is 318 g/mol. The van der Waals surface area contributed by atoms with Gasteiger partial charge >= 0.3 is 11.9 Å². The largest absolute Gasteiger partial charge is 0.465 e. The predicted octanol–water partition coefficient (Wildman–Crippen LogP) is 3.09. The summed E-state index contributed by atoms with van der Waals surface area (Å²) < 4.78 is 49.9. The van der Waals surface area contributed by atoms with Gasteiger partial charge in [0.1, 0.15) is 11.4 Å². The normalized spacial score (nSPS) is 12.7. The molecule has 0 N–H and O–H groups in total. The highest BCUT2D eigenvalue weighted by Crippen LogP contribution is 2.26. The summed E-state index contributed by atoms with van der Waals surface area (Å²) in [6, 6.07) is 0.720. The highest BCUT2D eigenvalue weighted by atomic mass is 19.2. The molecule has 0 radical (unpaired) electrons. The van der Waals surface area contributed by atoms with Gasteiger partial charge in [0.05, 0.1) is 6.61 Å². The van der Waals surface area contributed by atoms with Crippen molar-refractivity contribution in [1.82, 2.24) is 0 Å². The van der Waals surface area contributed by atoms with Crippen molar-refractivity contribution in [3.63, 3.8) is 0 Å². The third kappa shape index (κ3) is 4.47. The Morgan fingerprint density at radius 3 is 2.09 bits per heavy atom. The molecule has 0 aromatic heterocycles. The Morgan fingerprint density at radius 2 is 1.59 bits per heavy atom. The second-order valence-electron chi connectivity index (χ2n) is 5.51. The van der Waals surface area contributed by atoms with Crippen molar-refractivity contribution in [2.75, 3.05) is 6.61 Å². The molecule has 1 atom stereocenters. The summed E-state index contributed by atoms with van der Waals surface area (Å²) in [4.78, 5) is 24.0. The first-order chi connectivity index (χ1) is 10.1. The smallest absolute Gasteiger partial charge is 0.325 e. The first-order valence-electron chi connectivity index (χ1n) is 6.60. The van der Waals surface area contributed by atoms with Gasteiger partial charge in [-0.2, -0.15) is 0 Å². The molecule has 0 spiro atoms. The Bertz CT molecular complexity index is 579. The Morgan fingerprint density at radius 1 is 1.05 bits per heavy atom. The molecule has 122 valence electrons. The van der Waals surface area contributed by atoms with Crippen LogP contribution in [-0.2, 0) is 19.1 Å². The fourth-order valence-corrected chi connectivity index (χ4v) is 1.70. The number of carbonyl (C=O) groups is 2. The van der Waals surface area contributed by atoms with Gasteiger partial charge in [-0.1, -0.05) is 0 Å². The molecule has 0 aliphatic heterocycles. The van der Waals surface area contributed by atoms with Crippen LogP contribution in [0.15, 0.2) is 12.1 Å². The molecule has 7 heteroatoms. The van der Waals surface area contributed by atoms with E-state index in [-0.39, 0.29) is 12.7 Å². The van der Waals surface area contributed by atoms with Crippen LogP contribution >= 0.6 is 0 Å². The summed E-state index contributed by atoms with van der Waals surface area (Å²) in [5, 5.41) is 0. The summed E-state index contributed by atoms with van der Waals surface area (Å²) in [5.74, 6) is -8.06. The molecule has 22 heavy (non-hydrogen) atoms. The van der Waals surface area contributed by atoms with Crippen LogP contribution in [0.25, 0.3) is 0 Å². The van der Waals surface area contributed by atoms with Gasteiger partial charge in [0.25, 0.3) is 0 Å². The molecule has 1 unspecified atom stereocenters. The zero-order chi connectivity index (χ0) is 17.1. The average Bonchev–Trinajstić information content (AvgIpc) is 2.34. The first kappa shape index (κ1) is 18.0. The fourth-order valence-electron chi connectivity index (χ4n) is 1.70. The van der Waals surface area contributed by atoms with Crippen molar-refractivity contribution in [3.05, 3.63) is 35.1 Å². The number of carbonyl (C=O) groups excluding carboxylic acids is 2. The third-order valence-corrected chi connectivity index (χ3v) is 2.52. The molecule has 0 bridgehead atoms. The first-order valence-corrected chi connectivity index (χ1v) is 6.60. The van der Waals surface area contributed by atoms with E-state index in [1.807, 2.05) is 0 Å². The van der Waals surface area contributed by atoms with Crippen LogP contribution in [0.1, 0.15) is 39.2 Å². The Kier molecular flexibility index (Phi) is 5.57. The molecular weight excluding hydrogens is 301 g/mol. The third-order valence-electron chi connectivity index (χ3n) is 2.52. The van der Waals surface area contributed by atoms with Crippen LogP contribution in [0.5, 0.6) is 0 Å². The second-order valence-corrected chi connectivity index (χ2v) is 5.51. The zero-order valence-corrected chi connectivity index (χ0v) is 12.7. The summed E-state index contributed by atoms with van der Waals surface area (Å²) in [6.45, 7) is 6.08. The molecule has 1 aromatic rings. The van der Waals surface area contributed by atoms with Crippen LogP contribution < -0.4 is 0 Å². The van der Waals surface area contributed by atoms with Crippen LogP contribution in [0.2, 0.25) is 0 Å². The predicted molar refractivity (Wildman–Crippen MR) is 71.5 cm³/mol. The molecule has 1 aromatic carbocycles. The molecule has 0 saturated carbocycles. The Hall–Kier alpha value is -2.05. The van der Waals surface area contributed by atoms with E-state index in [0.717, 1.165) is 0 Å². The van der Waals surface area contributed by atoms with Crippen LogP contribution in [0.3, 0.4) is 0 Å². The molecule has 0 aliphatic rings. The van der Waals surface area contributed by atoms with Crippen molar-refractivity contribution in [2.45, 2.75) is 39.2 Å².